The van der Waals surface area contributed by atoms with Crippen molar-refractivity contribution in [2.75, 3.05) is 26.3 Å². The van der Waals surface area contributed by atoms with Gasteiger partial charge in [0.1, 0.15) is 6.61 Å². The molecule has 0 radical (unpaired) electrons. The number of benzene rings is 2. The van der Waals surface area contributed by atoms with Gasteiger partial charge in [-0.2, -0.15) is 8.78 Å². The fraction of sp³-hybridized carbons (Fsp3) is 0.444. The monoisotopic (exact) mass is 474 g/mol. The largest absolute Gasteiger partial charge is 0.387 e. The Labute approximate surface area is 200 Å². The molecule has 0 aliphatic rings. The van der Waals surface area contributed by atoms with Gasteiger partial charge in [-0.15, -0.1) is 0 Å². The first-order valence-electron chi connectivity index (χ1n) is 12.0. The molecule has 3 rings (SSSR count). The molecule has 1 atom stereocenters. The molecule has 1 aromatic heterocycles. The van der Waals surface area contributed by atoms with Gasteiger partial charge in [0.15, 0.2) is 0 Å². The van der Waals surface area contributed by atoms with Crippen molar-refractivity contribution in [2.24, 2.45) is 0 Å². The lowest BCUT2D eigenvalue weighted by atomic mass is 10.0. The average Bonchev–Trinajstić information content (AvgIpc) is 2.86. The van der Waals surface area contributed by atoms with Gasteiger partial charge in [-0.25, -0.2) is 0 Å². The summed E-state index contributed by atoms with van der Waals surface area (Å²) in [7, 11) is 0. The van der Waals surface area contributed by atoms with Crippen LogP contribution in [0.15, 0.2) is 65.5 Å². The summed E-state index contributed by atoms with van der Waals surface area (Å²) in [6.07, 6.45) is 2.84. The van der Waals surface area contributed by atoms with Gasteiger partial charge in [-0.1, -0.05) is 69.2 Å². The van der Waals surface area contributed by atoms with Crippen LogP contribution >= 0.6 is 0 Å². The quantitative estimate of drug-likeness (QED) is 0.284. The van der Waals surface area contributed by atoms with Gasteiger partial charge in [0.05, 0.1) is 6.10 Å². The zero-order valence-electron chi connectivity index (χ0n) is 20.0. The molecule has 3 aromatic rings. The lowest BCUT2D eigenvalue weighted by Crippen LogP contribution is -2.23. The van der Waals surface area contributed by atoms with E-state index in [1.165, 1.54) is 18.2 Å². The Morgan fingerprint density at radius 3 is 2.47 bits per heavy atom. The molecule has 0 fully saturated rings. The minimum Gasteiger partial charge on any atom is -0.387 e. The Balaban J connectivity index is 0.00000199. The predicted octanol–water partition coefficient (Wildman–Crippen LogP) is 5.55. The number of hydrogen-bond acceptors (Lipinski definition) is 4. The van der Waals surface area contributed by atoms with E-state index in [9.17, 15) is 18.7 Å². The number of nitrogens with one attached hydrogen (secondary N) is 2. The Morgan fingerprint density at radius 2 is 1.71 bits per heavy atom. The van der Waals surface area contributed by atoms with E-state index in [-0.39, 0.29) is 11.1 Å². The fourth-order valence-corrected chi connectivity index (χ4v) is 3.62. The number of hydrogen-bond donors (Lipinski definition) is 3. The summed E-state index contributed by atoms with van der Waals surface area (Å²) in [6.45, 7) is 4.89. The maximum Gasteiger partial charge on any atom is 0.296 e. The Bertz CT molecular complexity index is 1030. The second kappa shape index (κ2) is 14.6. The number of halogens is 2. The smallest absolute Gasteiger partial charge is 0.296 e. The molecule has 3 N–H and O–H groups in total. The number of H-pyrrole nitrogens is 1. The first-order valence-corrected chi connectivity index (χ1v) is 12.0. The van der Waals surface area contributed by atoms with Crippen molar-refractivity contribution in [3.63, 3.8) is 0 Å². The molecule has 186 valence electrons. The van der Waals surface area contributed by atoms with Crippen molar-refractivity contribution in [2.45, 2.75) is 51.6 Å². The summed E-state index contributed by atoms with van der Waals surface area (Å²) in [5.41, 5.74) is 1.29. The molecular formula is C27H36F2N2O3. The van der Waals surface area contributed by atoms with Crippen LogP contribution in [0.5, 0.6) is 0 Å². The SMILES string of the molecule is CC.O=c1ccc2c(C(O)CNCCCCCCOCC(F)(F)c3ccccc3)cccc2[nH]1. The van der Waals surface area contributed by atoms with E-state index in [0.29, 0.717) is 18.7 Å². The summed E-state index contributed by atoms with van der Waals surface area (Å²) in [4.78, 5) is 14.2. The van der Waals surface area contributed by atoms with Crippen LogP contribution in [-0.2, 0) is 10.7 Å². The van der Waals surface area contributed by atoms with Crippen LogP contribution in [0.2, 0.25) is 0 Å². The maximum atomic E-state index is 14.0. The van der Waals surface area contributed by atoms with E-state index in [2.05, 4.69) is 10.3 Å². The summed E-state index contributed by atoms with van der Waals surface area (Å²) in [5.74, 6) is -2.97. The molecule has 0 amide bonds. The van der Waals surface area contributed by atoms with Crippen LogP contribution < -0.4 is 10.9 Å². The molecule has 0 aliphatic heterocycles. The second-order valence-corrected chi connectivity index (χ2v) is 7.89. The van der Waals surface area contributed by atoms with Crippen LogP contribution in [0, 0.1) is 0 Å². The lowest BCUT2D eigenvalue weighted by Gasteiger charge is -2.16. The van der Waals surface area contributed by atoms with E-state index >= 15 is 0 Å². The van der Waals surface area contributed by atoms with Gasteiger partial charge in [0.25, 0.3) is 5.92 Å². The van der Waals surface area contributed by atoms with E-state index in [4.69, 9.17) is 4.74 Å². The minimum absolute atomic E-state index is 0.0231. The third kappa shape index (κ3) is 8.63. The third-order valence-electron chi connectivity index (χ3n) is 5.37. The van der Waals surface area contributed by atoms with Crippen LogP contribution in [0.3, 0.4) is 0 Å². The molecule has 5 nitrogen and oxygen atoms in total. The molecule has 0 aliphatic carbocycles. The zero-order valence-corrected chi connectivity index (χ0v) is 20.0. The van der Waals surface area contributed by atoms with Crippen molar-refractivity contribution in [3.05, 3.63) is 82.1 Å². The first-order chi connectivity index (χ1) is 16.5. The molecule has 1 unspecified atom stereocenters. The van der Waals surface area contributed by atoms with Crippen molar-refractivity contribution in [1.82, 2.24) is 10.3 Å². The first kappa shape index (κ1) is 27.6. The summed E-state index contributed by atoms with van der Waals surface area (Å²) < 4.78 is 33.2. The average molecular weight is 475 g/mol. The number of aliphatic hydroxyl groups excluding tert-OH is 1. The number of unbranched alkanes of at least 4 members (excludes halogenated alkanes) is 3. The molecular weight excluding hydrogens is 438 g/mol. The number of alkyl halides is 2. The highest BCUT2D eigenvalue weighted by molar-refractivity contribution is 5.82. The predicted molar refractivity (Wildman–Crippen MR) is 133 cm³/mol. The number of aliphatic hydroxyl groups is 1. The van der Waals surface area contributed by atoms with Gasteiger partial charge in [0.2, 0.25) is 5.56 Å². The molecule has 34 heavy (non-hydrogen) atoms. The van der Waals surface area contributed by atoms with Crippen LogP contribution in [0.1, 0.15) is 56.8 Å². The maximum absolute atomic E-state index is 14.0. The lowest BCUT2D eigenvalue weighted by molar-refractivity contribution is -0.0831. The van der Waals surface area contributed by atoms with Crippen LogP contribution in [0.25, 0.3) is 10.9 Å². The minimum atomic E-state index is -2.97. The molecule has 2 aromatic carbocycles. The standard InChI is InChI=1S/C25H30F2N2O3.C2H6/c26-25(27,19-9-4-3-5-10-19)18-32-16-7-2-1-6-15-28-17-23(30)21-11-8-12-22-20(21)13-14-24(31)29-22;1-2/h3-5,8-14,23,28,30H,1-2,6-7,15-18H2,(H,29,31);1-2H3. The second-order valence-electron chi connectivity index (χ2n) is 7.89. The normalized spacial score (nSPS) is 12.3. The third-order valence-corrected chi connectivity index (χ3v) is 5.37. The molecule has 0 saturated heterocycles. The highest BCUT2D eigenvalue weighted by Gasteiger charge is 2.31. The Morgan fingerprint density at radius 1 is 0.971 bits per heavy atom. The highest BCUT2D eigenvalue weighted by Crippen LogP contribution is 2.28. The summed E-state index contributed by atoms with van der Waals surface area (Å²) in [5, 5.41) is 14.6. The summed E-state index contributed by atoms with van der Waals surface area (Å²) in [6, 6.07) is 16.4. The van der Waals surface area contributed by atoms with Crippen molar-refractivity contribution in [1.29, 1.82) is 0 Å². The molecule has 0 bridgehead atoms. The number of pyridine rings is 1. The zero-order chi connectivity index (χ0) is 24.8. The number of rotatable bonds is 13. The van der Waals surface area contributed by atoms with E-state index in [0.717, 1.165) is 43.2 Å². The van der Waals surface area contributed by atoms with Crippen LogP contribution in [0.4, 0.5) is 8.78 Å². The van der Waals surface area contributed by atoms with Crippen molar-refractivity contribution >= 4 is 10.9 Å². The van der Waals surface area contributed by atoms with Crippen molar-refractivity contribution in [3.8, 4) is 0 Å². The van der Waals surface area contributed by atoms with Crippen LogP contribution in [-0.4, -0.2) is 36.4 Å². The number of fused-ring (bicyclic) bond motifs is 1. The van der Waals surface area contributed by atoms with E-state index in [1.807, 2.05) is 32.0 Å². The van der Waals surface area contributed by atoms with E-state index in [1.54, 1.807) is 24.3 Å². The number of ether oxygens (including phenoxy) is 1. The highest BCUT2D eigenvalue weighted by atomic mass is 19.3. The van der Waals surface area contributed by atoms with Gasteiger partial charge in [0, 0.05) is 35.7 Å². The molecule has 0 saturated carbocycles. The molecule has 0 spiro atoms. The van der Waals surface area contributed by atoms with Gasteiger partial charge in [-0.05, 0) is 37.1 Å². The molecule has 7 heteroatoms. The number of aromatic nitrogens is 1. The van der Waals surface area contributed by atoms with Crippen molar-refractivity contribution < 1.29 is 18.6 Å². The summed E-state index contributed by atoms with van der Waals surface area (Å²) >= 11 is 0. The van der Waals surface area contributed by atoms with Gasteiger partial charge in [-0.3, -0.25) is 4.79 Å². The Hall–Kier alpha value is -2.61. The Kier molecular flexibility index (Phi) is 11.9. The topological polar surface area (TPSA) is 74.3 Å². The van der Waals surface area contributed by atoms with E-state index < -0.39 is 18.6 Å². The fourth-order valence-electron chi connectivity index (χ4n) is 3.62. The molecule has 1 heterocycles. The number of aromatic amines is 1. The van der Waals surface area contributed by atoms with Gasteiger partial charge >= 0.3 is 0 Å². The van der Waals surface area contributed by atoms with Gasteiger partial charge < -0.3 is 20.1 Å².